The number of nitrogens with zero attached hydrogens (tertiary/aromatic N) is 3. The first-order valence-electron chi connectivity index (χ1n) is 5.70. The van der Waals surface area contributed by atoms with Gasteiger partial charge < -0.3 is 5.73 Å². The summed E-state index contributed by atoms with van der Waals surface area (Å²) >= 11 is 6.11. The van der Waals surface area contributed by atoms with E-state index >= 15 is 0 Å². The molecule has 0 aliphatic rings. The maximum atomic E-state index is 11.4. The highest BCUT2D eigenvalue weighted by Crippen LogP contribution is 2.27. The Morgan fingerprint density at radius 2 is 2.06 bits per heavy atom. The number of amides is 1. The van der Waals surface area contributed by atoms with Crippen LogP contribution in [-0.2, 0) is 4.79 Å². The van der Waals surface area contributed by atoms with Crippen LogP contribution < -0.4 is 5.73 Å². The van der Waals surface area contributed by atoms with Crippen LogP contribution >= 0.6 is 11.6 Å². The summed E-state index contributed by atoms with van der Waals surface area (Å²) in [7, 11) is 0. The molecule has 0 aliphatic heterocycles. The summed E-state index contributed by atoms with van der Waals surface area (Å²) in [6.07, 6.45) is 0. The molecule has 2 unspecified atom stereocenters. The molecule has 0 radical (unpaired) electrons. The van der Waals surface area contributed by atoms with E-state index in [1.165, 1.54) is 0 Å². The minimum Gasteiger partial charge on any atom is -0.368 e. The zero-order valence-corrected chi connectivity index (χ0v) is 11.3. The van der Waals surface area contributed by atoms with Crippen LogP contribution in [0.1, 0.15) is 36.8 Å². The molecule has 0 fully saturated rings. The van der Waals surface area contributed by atoms with Crippen molar-refractivity contribution in [2.75, 3.05) is 0 Å². The van der Waals surface area contributed by atoms with Gasteiger partial charge in [0.15, 0.2) is 5.65 Å². The fourth-order valence-corrected chi connectivity index (χ4v) is 2.03. The maximum Gasteiger partial charge on any atom is 0.240 e. The Kier molecular flexibility index (Phi) is 3.26. The summed E-state index contributed by atoms with van der Waals surface area (Å²) in [6, 6.07) is 3.21. The molecule has 18 heavy (non-hydrogen) atoms. The van der Waals surface area contributed by atoms with Crippen LogP contribution in [0.15, 0.2) is 12.1 Å². The summed E-state index contributed by atoms with van der Waals surface area (Å²) in [6.45, 7) is 5.41. The number of aryl methyl sites for hydroxylation is 1. The molecule has 5 nitrogen and oxygen atoms in total. The molecule has 6 heteroatoms. The third-order valence-electron chi connectivity index (χ3n) is 2.86. The number of nitrogens with two attached hydrogens (primary N) is 1. The Balaban J connectivity index is 2.76. The van der Waals surface area contributed by atoms with Gasteiger partial charge in [-0.15, -0.1) is 11.6 Å². The molecule has 0 aliphatic carbocycles. The second-order valence-corrected chi connectivity index (χ2v) is 4.98. The van der Waals surface area contributed by atoms with Gasteiger partial charge in [-0.2, -0.15) is 0 Å². The van der Waals surface area contributed by atoms with Crippen LogP contribution in [0.5, 0.6) is 0 Å². The van der Waals surface area contributed by atoms with E-state index in [4.69, 9.17) is 17.3 Å². The average molecular weight is 267 g/mol. The summed E-state index contributed by atoms with van der Waals surface area (Å²) in [5, 5.41) is -0.318. The lowest BCUT2D eigenvalue weighted by Gasteiger charge is -2.14. The third-order valence-corrected chi connectivity index (χ3v) is 3.05. The SMILES string of the molecule is Cc1ccc2nc(C(C)Cl)n(C(C)C(N)=O)c2n1. The minimum atomic E-state index is -0.527. The molecule has 96 valence electrons. The van der Waals surface area contributed by atoms with Gasteiger partial charge in [0, 0.05) is 5.69 Å². The summed E-state index contributed by atoms with van der Waals surface area (Å²) < 4.78 is 1.71. The first kappa shape index (κ1) is 12.8. The Morgan fingerprint density at radius 1 is 1.39 bits per heavy atom. The van der Waals surface area contributed by atoms with Crippen molar-refractivity contribution in [2.45, 2.75) is 32.2 Å². The van der Waals surface area contributed by atoms with Crippen LogP contribution in [0.3, 0.4) is 0 Å². The molecule has 2 atom stereocenters. The lowest BCUT2D eigenvalue weighted by molar-refractivity contribution is -0.120. The predicted molar refractivity (Wildman–Crippen MR) is 70.4 cm³/mol. The van der Waals surface area contributed by atoms with Crippen molar-refractivity contribution in [2.24, 2.45) is 5.73 Å². The number of aromatic nitrogens is 3. The Morgan fingerprint density at radius 3 is 2.61 bits per heavy atom. The highest BCUT2D eigenvalue weighted by molar-refractivity contribution is 6.20. The van der Waals surface area contributed by atoms with Crippen molar-refractivity contribution in [1.29, 1.82) is 0 Å². The van der Waals surface area contributed by atoms with Crippen LogP contribution in [0.4, 0.5) is 0 Å². The average Bonchev–Trinajstić information content (AvgIpc) is 2.66. The van der Waals surface area contributed by atoms with E-state index in [0.29, 0.717) is 11.5 Å². The molecule has 1 amide bonds. The second-order valence-electron chi connectivity index (χ2n) is 4.33. The maximum absolute atomic E-state index is 11.4. The van der Waals surface area contributed by atoms with Gasteiger partial charge in [-0.3, -0.25) is 9.36 Å². The Labute approximate surface area is 110 Å². The van der Waals surface area contributed by atoms with Crippen LogP contribution in [0.2, 0.25) is 0 Å². The number of carbonyl (C=O) groups excluding carboxylic acids is 1. The number of halogens is 1. The predicted octanol–water partition coefficient (Wildman–Crippen LogP) is 2.09. The highest BCUT2D eigenvalue weighted by Gasteiger charge is 2.22. The summed E-state index contributed by atoms with van der Waals surface area (Å²) in [5.74, 6) is 0.173. The van der Waals surface area contributed by atoms with Gasteiger partial charge in [-0.1, -0.05) is 0 Å². The second kappa shape index (κ2) is 4.57. The molecule has 0 bridgehead atoms. The third kappa shape index (κ3) is 2.06. The number of pyridine rings is 1. The molecule has 0 saturated carbocycles. The van der Waals surface area contributed by atoms with Gasteiger partial charge >= 0.3 is 0 Å². The van der Waals surface area contributed by atoms with Gasteiger partial charge in [0.1, 0.15) is 17.4 Å². The normalized spacial score (nSPS) is 14.7. The molecule has 2 N–H and O–H groups in total. The van der Waals surface area contributed by atoms with Crippen molar-refractivity contribution in [3.8, 4) is 0 Å². The van der Waals surface area contributed by atoms with Crippen molar-refractivity contribution >= 4 is 28.7 Å². The molecular weight excluding hydrogens is 252 g/mol. The van der Waals surface area contributed by atoms with E-state index in [0.717, 1.165) is 11.2 Å². The standard InChI is InChI=1S/C12H15ClN4O/c1-6-4-5-9-12(15-6)17(8(3)10(14)18)11(16-9)7(2)13/h4-5,7-8H,1-3H3,(H2,14,18). The molecule has 0 saturated heterocycles. The molecule has 2 aromatic heterocycles. The smallest absolute Gasteiger partial charge is 0.240 e. The van der Waals surface area contributed by atoms with E-state index in [2.05, 4.69) is 9.97 Å². The molecule has 2 heterocycles. The fraction of sp³-hybridized carbons (Fsp3) is 0.417. The minimum absolute atomic E-state index is 0.318. The molecule has 2 rings (SSSR count). The first-order valence-corrected chi connectivity index (χ1v) is 6.14. The largest absolute Gasteiger partial charge is 0.368 e. The number of hydrogen-bond donors (Lipinski definition) is 1. The van der Waals surface area contributed by atoms with Gasteiger partial charge in [-0.25, -0.2) is 9.97 Å². The van der Waals surface area contributed by atoms with Gasteiger partial charge in [-0.05, 0) is 32.9 Å². The first-order chi connectivity index (χ1) is 8.41. The van der Waals surface area contributed by atoms with Crippen LogP contribution in [0, 0.1) is 6.92 Å². The number of primary amides is 1. The zero-order chi connectivity index (χ0) is 13.4. The van der Waals surface area contributed by atoms with E-state index in [-0.39, 0.29) is 5.38 Å². The number of hydrogen-bond acceptors (Lipinski definition) is 3. The quantitative estimate of drug-likeness (QED) is 0.865. The topological polar surface area (TPSA) is 73.8 Å². The van der Waals surface area contributed by atoms with E-state index in [1.54, 1.807) is 18.4 Å². The highest BCUT2D eigenvalue weighted by atomic mass is 35.5. The Bertz CT molecular complexity index is 605. The van der Waals surface area contributed by atoms with Crippen molar-refractivity contribution in [3.05, 3.63) is 23.7 Å². The number of carbonyl (C=O) groups is 1. The van der Waals surface area contributed by atoms with E-state index < -0.39 is 11.9 Å². The molecule has 0 aromatic carbocycles. The van der Waals surface area contributed by atoms with Gasteiger partial charge in [0.05, 0.1) is 5.38 Å². The van der Waals surface area contributed by atoms with Crippen molar-refractivity contribution in [1.82, 2.24) is 14.5 Å². The number of fused-ring (bicyclic) bond motifs is 1. The fourth-order valence-electron chi connectivity index (χ4n) is 1.88. The number of imidazole rings is 1. The summed E-state index contributed by atoms with van der Waals surface area (Å²) in [4.78, 5) is 20.2. The van der Waals surface area contributed by atoms with Gasteiger partial charge in [0.25, 0.3) is 0 Å². The number of rotatable bonds is 3. The van der Waals surface area contributed by atoms with Crippen molar-refractivity contribution < 1.29 is 4.79 Å². The Hall–Kier alpha value is -1.62. The molecular formula is C12H15ClN4O. The zero-order valence-electron chi connectivity index (χ0n) is 10.5. The van der Waals surface area contributed by atoms with Crippen molar-refractivity contribution in [3.63, 3.8) is 0 Å². The lowest BCUT2D eigenvalue weighted by atomic mass is 10.3. The van der Waals surface area contributed by atoms with E-state index in [1.807, 2.05) is 19.1 Å². The molecule has 2 aromatic rings. The van der Waals surface area contributed by atoms with Crippen LogP contribution in [-0.4, -0.2) is 20.4 Å². The van der Waals surface area contributed by atoms with Crippen LogP contribution in [0.25, 0.3) is 11.2 Å². The lowest BCUT2D eigenvalue weighted by Crippen LogP contribution is -2.25. The monoisotopic (exact) mass is 266 g/mol. The van der Waals surface area contributed by atoms with E-state index in [9.17, 15) is 4.79 Å². The molecule has 0 spiro atoms. The number of alkyl halides is 1. The summed E-state index contributed by atoms with van der Waals surface area (Å²) in [5.41, 5.74) is 7.58. The van der Waals surface area contributed by atoms with Gasteiger partial charge in [0.2, 0.25) is 5.91 Å².